The first-order chi connectivity index (χ1) is 4.88. The van der Waals surface area contributed by atoms with Gasteiger partial charge in [0.05, 0.1) is 17.2 Å². The van der Waals surface area contributed by atoms with Crippen LogP contribution in [0.5, 0.6) is 0 Å². The Labute approximate surface area is 63.9 Å². The van der Waals surface area contributed by atoms with Crippen LogP contribution in [0.15, 0.2) is 0 Å². The van der Waals surface area contributed by atoms with Crippen LogP contribution >= 0.6 is 11.5 Å². The highest BCUT2D eigenvalue weighted by Crippen LogP contribution is 2.11. The van der Waals surface area contributed by atoms with Crippen LogP contribution in [-0.2, 0) is 13.0 Å². The zero-order valence-corrected chi connectivity index (χ0v) is 6.69. The number of aryl methyl sites for hydroxylation is 1. The van der Waals surface area contributed by atoms with E-state index in [9.17, 15) is 0 Å². The molecule has 4 heteroatoms. The Balaban J connectivity index is 2.70. The van der Waals surface area contributed by atoms with Gasteiger partial charge in [-0.3, -0.25) is 0 Å². The monoisotopic (exact) mass is 158 g/mol. The summed E-state index contributed by atoms with van der Waals surface area (Å²) < 4.78 is 3.74. The Morgan fingerprint density at radius 3 is 3.00 bits per heavy atom. The molecular weight excluding hydrogens is 148 g/mol. The first-order valence-electron chi connectivity index (χ1n) is 3.29. The van der Waals surface area contributed by atoms with E-state index in [1.807, 2.05) is 0 Å². The molecule has 0 fully saturated rings. The van der Waals surface area contributed by atoms with Gasteiger partial charge in [0.2, 0.25) is 0 Å². The molecule has 0 aromatic carbocycles. The lowest BCUT2D eigenvalue weighted by Crippen LogP contribution is -1.89. The lowest BCUT2D eigenvalue weighted by molar-refractivity contribution is 0.284. The van der Waals surface area contributed by atoms with Crippen molar-refractivity contribution < 1.29 is 5.11 Å². The van der Waals surface area contributed by atoms with Crippen molar-refractivity contribution in [2.45, 2.75) is 26.4 Å². The molecule has 0 saturated heterocycles. The molecule has 10 heavy (non-hydrogen) atoms. The molecule has 0 aliphatic heterocycles. The van der Waals surface area contributed by atoms with Gasteiger partial charge in [0.15, 0.2) is 0 Å². The van der Waals surface area contributed by atoms with Gasteiger partial charge in [0.1, 0.15) is 0 Å². The predicted molar refractivity (Wildman–Crippen MR) is 39.8 cm³/mol. The van der Waals surface area contributed by atoms with Crippen molar-refractivity contribution in [3.63, 3.8) is 0 Å². The average Bonchev–Trinajstić information content (AvgIpc) is 2.36. The molecule has 0 atom stereocenters. The molecule has 1 rings (SSSR count). The van der Waals surface area contributed by atoms with E-state index in [-0.39, 0.29) is 6.61 Å². The van der Waals surface area contributed by atoms with Crippen LogP contribution in [0.25, 0.3) is 0 Å². The Kier molecular flexibility index (Phi) is 2.77. The summed E-state index contributed by atoms with van der Waals surface area (Å²) in [6.45, 7) is 2.16. The molecule has 0 unspecified atom stereocenters. The van der Waals surface area contributed by atoms with E-state index in [1.54, 1.807) is 0 Å². The van der Waals surface area contributed by atoms with Crippen LogP contribution < -0.4 is 0 Å². The molecule has 1 aromatic rings. The summed E-state index contributed by atoms with van der Waals surface area (Å²) in [4.78, 5) is 0.904. The Morgan fingerprint density at radius 1 is 1.60 bits per heavy atom. The van der Waals surface area contributed by atoms with Crippen LogP contribution in [0.3, 0.4) is 0 Å². The molecular formula is C6H10N2OS. The average molecular weight is 158 g/mol. The number of hydrogen-bond donors (Lipinski definition) is 1. The van der Waals surface area contributed by atoms with Crippen molar-refractivity contribution in [1.82, 2.24) is 9.59 Å². The molecule has 0 radical (unpaired) electrons. The van der Waals surface area contributed by atoms with Crippen LogP contribution in [0.1, 0.15) is 23.9 Å². The number of aliphatic hydroxyl groups excluding tert-OH is 1. The summed E-state index contributed by atoms with van der Waals surface area (Å²) in [6.07, 6.45) is 1.98. The van der Waals surface area contributed by atoms with Crippen LogP contribution in [-0.4, -0.2) is 14.7 Å². The number of aliphatic hydroxyl groups is 1. The topological polar surface area (TPSA) is 46.0 Å². The third kappa shape index (κ3) is 1.52. The highest BCUT2D eigenvalue weighted by Gasteiger charge is 2.03. The summed E-state index contributed by atoms with van der Waals surface area (Å²) in [5.74, 6) is 0. The van der Waals surface area contributed by atoms with E-state index < -0.39 is 0 Å². The second-order valence-corrected chi connectivity index (χ2v) is 2.89. The molecule has 3 nitrogen and oxygen atoms in total. The van der Waals surface area contributed by atoms with Gasteiger partial charge in [-0.15, -0.1) is 5.10 Å². The van der Waals surface area contributed by atoms with E-state index in [1.165, 1.54) is 11.5 Å². The molecule has 56 valence electrons. The summed E-state index contributed by atoms with van der Waals surface area (Å²) in [5.41, 5.74) is 0.954. The van der Waals surface area contributed by atoms with Gasteiger partial charge in [0, 0.05) is 0 Å². The third-order valence-electron chi connectivity index (χ3n) is 1.26. The van der Waals surface area contributed by atoms with Crippen molar-refractivity contribution in [2.75, 3.05) is 0 Å². The Bertz CT molecular complexity index is 199. The van der Waals surface area contributed by atoms with Crippen molar-refractivity contribution in [3.8, 4) is 0 Å². The first kappa shape index (κ1) is 7.63. The molecule has 1 aromatic heterocycles. The van der Waals surface area contributed by atoms with E-state index in [0.717, 1.165) is 23.4 Å². The van der Waals surface area contributed by atoms with Crippen molar-refractivity contribution in [2.24, 2.45) is 0 Å². The molecule has 1 N–H and O–H groups in total. The molecule has 0 spiro atoms. The number of aromatic nitrogens is 2. The van der Waals surface area contributed by atoms with Crippen molar-refractivity contribution in [3.05, 3.63) is 10.6 Å². The molecule has 0 saturated carbocycles. The fourth-order valence-corrected chi connectivity index (χ4v) is 1.32. The lowest BCUT2D eigenvalue weighted by Gasteiger charge is -1.91. The summed E-state index contributed by atoms with van der Waals surface area (Å²) in [5, 5.41) is 12.6. The first-order valence-corrected chi connectivity index (χ1v) is 4.06. The van der Waals surface area contributed by atoms with Gasteiger partial charge in [-0.1, -0.05) is 17.8 Å². The fraction of sp³-hybridized carbons (Fsp3) is 0.667. The maximum Gasteiger partial charge on any atom is 0.0811 e. The Hall–Kier alpha value is -0.480. The maximum absolute atomic E-state index is 8.76. The van der Waals surface area contributed by atoms with Gasteiger partial charge in [-0.25, -0.2) is 0 Å². The normalized spacial score (nSPS) is 10.2. The molecule has 0 bridgehead atoms. The Morgan fingerprint density at radius 2 is 2.40 bits per heavy atom. The van der Waals surface area contributed by atoms with E-state index in [4.69, 9.17) is 5.11 Å². The van der Waals surface area contributed by atoms with E-state index in [0.29, 0.717) is 0 Å². The lowest BCUT2D eigenvalue weighted by atomic mass is 10.2. The zero-order chi connectivity index (χ0) is 7.40. The quantitative estimate of drug-likeness (QED) is 0.713. The number of nitrogens with zero attached hydrogens (tertiary/aromatic N) is 2. The fourth-order valence-electron chi connectivity index (χ4n) is 0.774. The second kappa shape index (κ2) is 3.63. The minimum atomic E-state index is 0.0764. The minimum Gasteiger partial charge on any atom is -0.391 e. The van der Waals surface area contributed by atoms with Crippen LogP contribution in [0.4, 0.5) is 0 Å². The number of rotatable bonds is 3. The highest BCUT2D eigenvalue weighted by molar-refractivity contribution is 7.05. The van der Waals surface area contributed by atoms with Gasteiger partial charge >= 0.3 is 0 Å². The summed E-state index contributed by atoms with van der Waals surface area (Å²) in [6, 6.07) is 0. The molecule has 1 heterocycles. The van der Waals surface area contributed by atoms with Gasteiger partial charge in [0.25, 0.3) is 0 Å². The van der Waals surface area contributed by atoms with Crippen LogP contribution in [0.2, 0.25) is 0 Å². The molecule has 0 amide bonds. The number of hydrogen-bond acceptors (Lipinski definition) is 4. The smallest absolute Gasteiger partial charge is 0.0811 e. The summed E-state index contributed by atoms with van der Waals surface area (Å²) in [7, 11) is 0. The minimum absolute atomic E-state index is 0.0764. The predicted octanol–water partition coefficient (Wildman–Crippen LogP) is 0.983. The van der Waals surface area contributed by atoms with Gasteiger partial charge in [-0.2, -0.15) is 0 Å². The molecule has 0 aliphatic rings. The van der Waals surface area contributed by atoms with Crippen molar-refractivity contribution >= 4 is 11.5 Å². The SMILES string of the molecule is CCCc1nnsc1CO. The summed E-state index contributed by atoms with van der Waals surface area (Å²) >= 11 is 1.28. The maximum atomic E-state index is 8.76. The van der Waals surface area contributed by atoms with Crippen molar-refractivity contribution in [1.29, 1.82) is 0 Å². The highest BCUT2D eigenvalue weighted by atomic mass is 32.1. The second-order valence-electron chi connectivity index (χ2n) is 2.05. The van der Waals surface area contributed by atoms with Gasteiger partial charge < -0.3 is 5.11 Å². The van der Waals surface area contributed by atoms with E-state index >= 15 is 0 Å². The van der Waals surface area contributed by atoms with E-state index in [2.05, 4.69) is 16.5 Å². The molecule has 0 aliphatic carbocycles. The zero-order valence-electron chi connectivity index (χ0n) is 5.87. The third-order valence-corrected chi connectivity index (χ3v) is 2.01. The largest absolute Gasteiger partial charge is 0.391 e. The standard InChI is InChI=1S/C6H10N2OS/c1-2-3-5-6(4-9)10-8-7-5/h9H,2-4H2,1H3. The van der Waals surface area contributed by atoms with Crippen LogP contribution in [0, 0.1) is 0 Å². The van der Waals surface area contributed by atoms with Gasteiger partial charge in [-0.05, 0) is 18.0 Å².